The van der Waals surface area contributed by atoms with Crippen molar-refractivity contribution in [3.8, 4) is 0 Å². The Labute approximate surface area is 172 Å². The van der Waals surface area contributed by atoms with Gasteiger partial charge in [0.25, 0.3) is 5.91 Å². The molecule has 0 bridgehead atoms. The van der Waals surface area contributed by atoms with Gasteiger partial charge in [-0.25, -0.2) is 9.18 Å². The fourth-order valence-electron chi connectivity index (χ4n) is 2.87. The molecule has 2 saturated heterocycles. The highest BCUT2D eigenvalue weighted by Gasteiger charge is 2.25. The first kappa shape index (κ1) is 21.2. The number of thioether (sulfide) groups is 1. The van der Waals surface area contributed by atoms with Gasteiger partial charge in [-0.15, -0.1) is 5.10 Å². The maximum atomic E-state index is 13.8. The summed E-state index contributed by atoms with van der Waals surface area (Å²) in [5, 5.41) is 10.8. The van der Waals surface area contributed by atoms with E-state index in [0.29, 0.717) is 6.54 Å². The van der Waals surface area contributed by atoms with Crippen LogP contribution in [0.1, 0.15) is 11.1 Å². The Balaban J connectivity index is 1.69. The van der Waals surface area contributed by atoms with Crippen molar-refractivity contribution in [1.82, 2.24) is 15.1 Å². The number of ether oxygens (including phenoxy) is 1. The van der Waals surface area contributed by atoms with Crippen LogP contribution in [-0.2, 0) is 20.9 Å². The number of piperazine rings is 1. The summed E-state index contributed by atoms with van der Waals surface area (Å²) >= 11 is 0.996. The monoisotopic (exact) mass is 419 g/mol. The molecule has 2 fully saturated rings. The van der Waals surface area contributed by atoms with Crippen molar-refractivity contribution in [1.29, 1.82) is 0 Å². The average molecular weight is 419 g/mol. The number of carbonyl (C=O) groups is 2. The molecule has 0 aromatic heterocycles. The molecule has 154 valence electrons. The maximum absolute atomic E-state index is 13.8. The number of amidine groups is 1. The van der Waals surface area contributed by atoms with Gasteiger partial charge < -0.3 is 9.64 Å². The molecule has 1 N–H and O–H groups in total. The zero-order valence-corrected chi connectivity index (χ0v) is 17.0. The Bertz CT molecular complexity index is 879. The Morgan fingerprint density at radius 1 is 1.34 bits per heavy atom. The predicted molar refractivity (Wildman–Crippen MR) is 110 cm³/mol. The van der Waals surface area contributed by atoms with Gasteiger partial charge in [-0.1, -0.05) is 6.07 Å². The van der Waals surface area contributed by atoms with Crippen LogP contribution in [0.2, 0.25) is 0 Å². The molecule has 1 amide bonds. The summed E-state index contributed by atoms with van der Waals surface area (Å²) < 4.78 is 18.3. The number of hydrogen-bond acceptors (Lipinski definition) is 8. The van der Waals surface area contributed by atoms with Crippen LogP contribution in [0, 0.1) is 5.82 Å². The average Bonchev–Trinajstić information content (AvgIpc) is 3.04. The number of rotatable bonds is 5. The standard InChI is InChI=1S/C19H22FN5O3S/c1-24-5-7-25(8-6-24)12-14-9-15(20)4-3-13(14)11-21-23-19-22-18(27)16(29-19)10-17(26)28-2/h3-4,9-11H,5-8,12H2,1-2H3,(H,22,23,27)/b16-10+,21-11?. The number of carbonyl (C=O) groups excluding carboxylic acids is 2. The smallest absolute Gasteiger partial charge is 0.331 e. The fraction of sp³-hybridized carbons (Fsp3) is 0.368. The minimum atomic E-state index is -0.618. The largest absolute Gasteiger partial charge is 0.466 e. The molecule has 0 saturated carbocycles. The lowest BCUT2D eigenvalue weighted by Crippen LogP contribution is -2.44. The summed E-state index contributed by atoms with van der Waals surface area (Å²) in [6.45, 7) is 4.42. The van der Waals surface area contributed by atoms with Crippen LogP contribution in [0.15, 0.2) is 39.4 Å². The van der Waals surface area contributed by atoms with E-state index in [1.807, 2.05) is 0 Å². The van der Waals surface area contributed by atoms with Crippen molar-refractivity contribution >= 4 is 35.0 Å². The molecule has 29 heavy (non-hydrogen) atoms. The lowest BCUT2D eigenvalue weighted by atomic mass is 10.1. The van der Waals surface area contributed by atoms with E-state index in [2.05, 4.69) is 37.1 Å². The maximum Gasteiger partial charge on any atom is 0.331 e. The van der Waals surface area contributed by atoms with Gasteiger partial charge in [0.1, 0.15) is 5.82 Å². The van der Waals surface area contributed by atoms with Crippen molar-refractivity contribution in [2.75, 3.05) is 40.3 Å². The summed E-state index contributed by atoms with van der Waals surface area (Å²) in [6, 6.07) is 4.55. The number of esters is 1. The van der Waals surface area contributed by atoms with E-state index in [4.69, 9.17) is 0 Å². The van der Waals surface area contributed by atoms with E-state index in [9.17, 15) is 14.0 Å². The van der Waals surface area contributed by atoms with Gasteiger partial charge in [-0.05, 0) is 42.1 Å². The first-order valence-electron chi connectivity index (χ1n) is 9.04. The third kappa shape index (κ3) is 5.96. The summed E-state index contributed by atoms with van der Waals surface area (Å²) in [4.78, 5) is 27.8. The Hall–Kier alpha value is -2.56. The molecular weight excluding hydrogens is 397 g/mol. The molecule has 0 aliphatic carbocycles. The molecule has 1 aromatic carbocycles. The highest BCUT2D eigenvalue weighted by atomic mass is 32.2. The van der Waals surface area contributed by atoms with Crippen molar-refractivity contribution in [2.45, 2.75) is 6.54 Å². The SMILES string of the molecule is COC(=O)/C=C1/S/C(=N\N=Cc2ccc(F)cc2CN2CCN(C)CC2)NC1=O. The summed E-state index contributed by atoms with van der Waals surface area (Å²) in [7, 11) is 3.32. The van der Waals surface area contributed by atoms with Crippen molar-refractivity contribution < 1.29 is 18.7 Å². The quantitative estimate of drug-likeness (QED) is 0.334. The molecule has 2 aliphatic rings. The third-order valence-corrected chi connectivity index (χ3v) is 5.44. The van der Waals surface area contributed by atoms with E-state index in [1.54, 1.807) is 6.07 Å². The lowest BCUT2D eigenvalue weighted by molar-refractivity contribution is -0.135. The van der Waals surface area contributed by atoms with E-state index in [1.165, 1.54) is 25.5 Å². The van der Waals surface area contributed by atoms with Gasteiger partial charge in [-0.2, -0.15) is 5.10 Å². The molecule has 2 aliphatic heterocycles. The van der Waals surface area contributed by atoms with Gasteiger partial charge in [0.2, 0.25) is 0 Å². The van der Waals surface area contributed by atoms with Gasteiger partial charge >= 0.3 is 5.97 Å². The highest BCUT2D eigenvalue weighted by molar-refractivity contribution is 8.18. The molecule has 0 radical (unpaired) electrons. The fourth-order valence-corrected chi connectivity index (χ4v) is 3.61. The van der Waals surface area contributed by atoms with Gasteiger partial charge in [-0.3, -0.25) is 15.0 Å². The second kappa shape index (κ2) is 9.77. The Morgan fingerprint density at radius 2 is 2.10 bits per heavy atom. The van der Waals surface area contributed by atoms with E-state index in [-0.39, 0.29) is 15.9 Å². The second-order valence-corrected chi connectivity index (χ2v) is 7.69. The minimum absolute atomic E-state index is 0.184. The summed E-state index contributed by atoms with van der Waals surface area (Å²) in [5.41, 5.74) is 1.59. The van der Waals surface area contributed by atoms with Gasteiger partial charge in [0.15, 0.2) is 5.17 Å². The van der Waals surface area contributed by atoms with Crippen molar-refractivity contribution in [3.63, 3.8) is 0 Å². The van der Waals surface area contributed by atoms with Crippen LogP contribution in [0.5, 0.6) is 0 Å². The summed E-state index contributed by atoms with van der Waals surface area (Å²) in [5.74, 6) is -1.35. The van der Waals surface area contributed by atoms with Crippen molar-refractivity contribution in [3.05, 3.63) is 46.1 Å². The number of nitrogens with one attached hydrogen (secondary N) is 1. The second-order valence-electron chi connectivity index (χ2n) is 6.66. The minimum Gasteiger partial charge on any atom is -0.466 e. The van der Waals surface area contributed by atoms with E-state index < -0.39 is 11.9 Å². The molecule has 0 unspecified atom stereocenters. The van der Waals surface area contributed by atoms with Gasteiger partial charge in [0.05, 0.1) is 18.2 Å². The molecule has 8 nitrogen and oxygen atoms in total. The van der Waals surface area contributed by atoms with Crippen LogP contribution >= 0.6 is 11.8 Å². The van der Waals surface area contributed by atoms with E-state index in [0.717, 1.165) is 55.1 Å². The number of nitrogens with zero attached hydrogens (tertiary/aromatic N) is 4. The number of hydrogen-bond donors (Lipinski definition) is 1. The van der Waals surface area contributed by atoms with Crippen LogP contribution in [0.3, 0.4) is 0 Å². The number of benzene rings is 1. The number of amides is 1. The van der Waals surface area contributed by atoms with Crippen LogP contribution < -0.4 is 5.32 Å². The molecule has 1 aromatic rings. The highest BCUT2D eigenvalue weighted by Crippen LogP contribution is 2.23. The lowest BCUT2D eigenvalue weighted by Gasteiger charge is -2.32. The Morgan fingerprint density at radius 3 is 2.83 bits per heavy atom. The van der Waals surface area contributed by atoms with Crippen LogP contribution in [-0.4, -0.2) is 73.4 Å². The molecule has 3 rings (SSSR count). The first-order valence-corrected chi connectivity index (χ1v) is 9.85. The number of likely N-dealkylation sites (N-methyl/N-ethyl adjacent to an activating group) is 1. The van der Waals surface area contributed by atoms with Crippen LogP contribution in [0.4, 0.5) is 4.39 Å². The van der Waals surface area contributed by atoms with E-state index >= 15 is 0 Å². The topological polar surface area (TPSA) is 86.6 Å². The molecule has 0 spiro atoms. The first-order chi connectivity index (χ1) is 13.9. The number of methoxy groups -OCH3 is 1. The molecule has 0 atom stereocenters. The zero-order chi connectivity index (χ0) is 20.8. The normalized spacial score (nSPS) is 21.3. The number of halogens is 1. The third-order valence-electron chi connectivity index (χ3n) is 4.54. The van der Waals surface area contributed by atoms with Crippen LogP contribution in [0.25, 0.3) is 0 Å². The molecular formula is C19H22FN5O3S. The predicted octanol–water partition coefficient (Wildman–Crippen LogP) is 1.18. The zero-order valence-electron chi connectivity index (χ0n) is 16.2. The van der Waals surface area contributed by atoms with Gasteiger partial charge in [0, 0.05) is 38.8 Å². The summed E-state index contributed by atoms with van der Waals surface area (Å²) in [6.07, 6.45) is 2.63. The molecule has 10 heteroatoms. The molecule has 2 heterocycles. The van der Waals surface area contributed by atoms with Crippen molar-refractivity contribution in [2.24, 2.45) is 10.2 Å². The Kier molecular flexibility index (Phi) is 7.13.